The smallest absolute Gasteiger partial charge is 0.305 e. The van der Waals surface area contributed by atoms with Crippen molar-refractivity contribution in [3.8, 4) is 0 Å². The van der Waals surface area contributed by atoms with Gasteiger partial charge >= 0.3 is 5.97 Å². The maximum Gasteiger partial charge on any atom is 0.305 e. The van der Waals surface area contributed by atoms with Crippen LogP contribution in [0.1, 0.15) is 348 Å². The molecule has 0 aromatic rings. The first-order chi connectivity index (χ1) is 35.5. The van der Waals surface area contributed by atoms with Gasteiger partial charge < -0.3 is 20.3 Å². The van der Waals surface area contributed by atoms with E-state index in [1.165, 1.54) is 276 Å². The summed E-state index contributed by atoms with van der Waals surface area (Å²) >= 11 is 0. The molecule has 0 saturated heterocycles. The lowest BCUT2D eigenvalue weighted by atomic mass is 10.0. The number of hydrogen-bond acceptors (Lipinski definition) is 5. The molecular weight excluding hydrogens is 887 g/mol. The summed E-state index contributed by atoms with van der Waals surface area (Å²) in [5.74, 6) is -0.0601. The van der Waals surface area contributed by atoms with Gasteiger partial charge in [0, 0.05) is 12.8 Å². The van der Waals surface area contributed by atoms with Gasteiger partial charge in [0.25, 0.3) is 0 Å². The number of aliphatic hydroxyl groups is 2. The second-order valence-corrected chi connectivity index (χ2v) is 22.1. The van der Waals surface area contributed by atoms with Gasteiger partial charge in [0.1, 0.15) is 0 Å². The number of nitrogens with one attached hydrogen (secondary N) is 1. The molecule has 3 N–H and O–H groups in total. The molecule has 0 aromatic carbocycles. The molecule has 2 unspecified atom stereocenters. The highest BCUT2D eigenvalue weighted by atomic mass is 16.5. The fourth-order valence-corrected chi connectivity index (χ4v) is 9.92. The average molecular weight is 1010 g/mol. The molecule has 2 atom stereocenters. The van der Waals surface area contributed by atoms with Crippen molar-refractivity contribution in [1.29, 1.82) is 0 Å². The van der Waals surface area contributed by atoms with Crippen LogP contribution >= 0.6 is 0 Å². The lowest BCUT2D eigenvalue weighted by molar-refractivity contribution is -0.143. The number of ether oxygens (including phenoxy) is 1. The summed E-state index contributed by atoms with van der Waals surface area (Å²) in [6.07, 6.45) is 77.7. The van der Waals surface area contributed by atoms with E-state index in [1.54, 1.807) is 6.08 Å². The Morgan fingerprint density at radius 1 is 0.375 bits per heavy atom. The number of allylic oxidation sites excluding steroid dienone is 5. The summed E-state index contributed by atoms with van der Waals surface area (Å²) in [6.45, 7) is 4.89. The Kier molecular flexibility index (Phi) is 60.0. The van der Waals surface area contributed by atoms with Crippen LogP contribution in [0.25, 0.3) is 0 Å². The van der Waals surface area contributed by atoms with Crippen molar-refractivity contribution in [3.63, 3.8) is 0 Å². The molecule has 0 spiro atoms. The monoisotopic (exact) mass is 1010 g/mol. The Morgan fingerprint density at radius 2 is 0.653 bits per heavy atom. The normalized spacial score (nSPS) is 12.8. The van der Waals surface area contributed by atoms with E-state index in [2.05, 4.69) is 43.5 Å². The Hall–Kier alpha value is -1.92. The lowest BCUT2D eigenvalue weighted by Crippen LogP contribution is -2.45. The average Bonchev–Trinajstić information content (AvgIpc) is 3.38. The van der Waals surface area contributed by atoms with E-state index >= 15 is 0 Å². The number of aliphatic hydroxyl groups excluding tert-OH is 2. The third kappa shape index (κ3) is 57.4. The molecule has 424 valence electrons. The molecule has 1 amide bonds. The molecule has 0 aliphatic carbocycles. The molecule has 6 nitrogen and oxygen atoms in total. The van der Waals surface area contributed by atoms with Crippen LogP contribution in [0.15, 0.2) is 36.5 Å². The molecule has 0 fully saturated rings. The molecule has 0 aliphatic heterocycles. The van der Waals surface area contributed by atoms with E-state index < -0.39 is 12.1 Å². The molecule has 0 bridgehead atoms. The fourth-order valence-electron chi connectivity index (χ4n) is 9.92. The maximum atomic E-state index is 12.5. The van der Waals surface area contributed by atoms with Crippen molar-refractivity contribution in [3.05, 3.63) is 36.5 Å². The molecule has 0 heterocycles. The van der Waals surface area contributed by atoms with Gasteiger partial charge in [0.15, 0.2) is 0 Å². The van der Waals surface area contributed by atoms with Crippen LogP contribution in [0.5, 0.6) is 0 Å². The quantitative estimate of drug-likeness (QED) is 0.0320. The molecular formula is C66H125NO5. The predicted molar refractivity (Wildman–Crippen MR) is 315 cm³/mol. The second-order valence-electron chi connectivity index (χ2n) is 22.1. The number of carbonyl (C=O) groups excluding carboxylic acids is 2. The van der Waals surface area contributed by atoms with Crippen LogP contribution in [0.4, 0.5) is 0 Å². The number of carbonyl (C=O) groups is 2. The number of hydrogen-bond donors (Lipinski definition) is 3. The minimum atomic E-state index is -0.843. The summed E-state index contributed by atoms with van der Waals surface area (Å²) in [5, 5.41) is 23.1. The van der Waals surface area contributed by atoms with Crippen molar-refractivity contribution in [2.45, 2.75) is 360 Å². The van der Waals surface area contributed by atoms with E-state index in [4.69, 9.17) is 4.74 Å². The van der Waals surface area contributed by atoms with Crippen LogP contribution in [0.2, 0.25) is 0 Å². The molecule has 0 rings (SSSR count). The van der Waals surface area contributed by atoms with Crippen LogP contribution in [-0.2, 0) is 14.3 Å². The number of unbranched alkanes of at least 4 members (excludes halogenated alkanes) is 45. The van der Waals surface area contributed by atoms with Crippen LogP contribution in [0.3, 0.4) is 0 Å². The SMILES string of the molecule is CCCCC/C=C\CCCCCCCC(=O)OCCCCCCCCCCCCCC/C=C\CCCCCCCCCCCCCCCC(=O)NC(CO)C(O)/C=C/CCCCCCCCCCCCCC. The molecule has 72 heavy (non-hydrogen) atoms. The Bertz CT molecular complexity index is 1170. The number of amides is 1. The number of esters is 1. The molecule has 0 saturated carbocycles. The van der Waals surface area contributed by atoms with E-state index in [9.17, 15) is 19.8 Å². The first-order valence-electron chi connectivity index (χ1n) is 32.3. The van der Waals surface area contributed by atoms with Gasteiger partial charge in [-0.2, -0.15) is 0 Å². The lowest BCUT2D eigenvalue weighted by Gasteiger charge is -2.20. The number of rotatable bonds is 60. The third-order valence-electron chi connectivity index (χ3n) is 14.9. The van der Waals surface area contributed by atoms with Gasteiger partial charge in [-0.3, -0.25) is 9.59 Å². The summed E-state index contributed by atoms with van der Waals surface area (Å²) in [7, 11) is 0. The molecule has 0 aromatic heterocycles. The van der Waals surface area contributed by atoms with Crippen molar-refractivity contribution in [2.24, 2.45) is 0 Å². The molecule has 6 heteroatoms. The van der Waals surface area contributed by atoms with Gasteiger partial charge in [-0.1, -0.05) is 288 Å². The van der Waals surface area contributed by atoms with E-state index in [0.29, 0.717) is 19.4 Å². The first-order valence-corrected chi connectivity index (χ1v) is 32.3. The topological polar surface area (TPSA) is 95.9 Å². The first kappa shape index (κ1) is 70.1. The summed E-state index contributed by atoms with van der Waals surface area (Å²) < 4.78 is 5.47. The van der Waals surface area contributed by atoms with Crippen molar-refractivity contribution in [2.75, 3.05) is 13.2 Å². The van der Waals surface area contributed by atoms with Gasteiger partial charge in [0.05, 0.1) is 25.4 Å². The van der Waals surface area contributed by atoms with E-state index in [0.717, 1.165) is 44.9 Å². The van der Waals surface area contributed by atoms with Crippen LogP contribution in [0, 0.1) is 0 Å². The van der Waals surface area contributed by atoms with Gasteiger partial charge in [-0.05, 0) is 83.5 Å². The Labute approximate surface area is 449 Å². The van der Waals surface area contributed by atoms with E-state index in [-0.39, 0.29) is 18.5 Å². The van der Waals surface area contributed by atoms with Gasteiger partial charge in [0.2, 0.25) is 5.91 Å². The summed E-state index contributed by atoms with van der Waals surface area (Å²) in [5.41, 5.74) is 0. The zero-order chi connectivity index (χ0) is 52.2. The second kappa shape index (κ2) is 61.6. The zero-order valence-corrected chi connectivity index (χ0v) is 48.4. The third-order valence-corrected chi connectivity index (χ3v) is 14.9. The highest BCUT2D eigenvalue weighted by molar-refractivity contribution is 5.76. The Balaban J connectivity index is 3.39. The van der Waals surface area contributed by atoms with Gasteiger partial charge in [-0.25, -0.2) is 0 Å². The maximum absolute atomic E-state index is 12.5. The highest BCUT2D eigenvalue weighted by Crippen LogP contribution is 2.17. The Morgan fingerprint density at radius 3 is 1.01 bits per heavy atom. The molecule has 0 radical (unpaired) electrons. The minimum absolute atomic E-state index is 0.00598. The summed E-state index contributed by atoms with van der Waals surface area (Å²) in [6, 6.07) is -0.627. The zero-order valence-electron chi connectivity index (χ0n) is 48.4. The van der Waals surface area contributed by atoms with E-state index in [1.807, 2.05) is 6.08 Å². The molecule has 0 aliphatic rings. The van der Waals surface area contributed by atoms with Crippen molar-refractivity contribution >= 4 is 11.9 Å². The van der Waals surface area contributed by atoms with Crippen LogP contribution in [-0.4, -0.2) is 47.4 Å². The van der Waals surface area contributed by atoms with Crippen molar-refractivity contribution in [1.82, 2.24) is 5.32 Å². The van der Waals surface area contributed by atoms with Crippen molar-refractivity contribution < 1.29 is 24.5 Å². The summed E-state index contributed by atoms with van der Waals surface area (Å²) in [4.78, 5) is 24.5. The standard InChI is InChI=1S/C66H125NO5/c1-3-5-7-9-11-13-15-17-35-38-42-46-50-54-58-64(69)63(62-68)67-65(70)59-55-51-47-43-39-36-33-31-29-27-25-23-21-19-18-20-22-24-26-28-30-32-34-37-41-45-49-53-57-61-72-66(71)60-56-52-48-44-40-16-14-12-10-8-6-4-2/h12,14,18,20,54,58,63-64,68-69H,3-11,13,15-17,19,21-53,55-57,59-62H2,1-2H3,(H,67,70)/b14-12-,20-18-,58-54+. The van der Waals surface area contributed by atoms with Crippen LogP contribution < -0.4 is 5.32 Å². The van der Waals surface area contributed by atoms with Gasteiger partial charge in [-0.15, -0.1) is 0 Å². The largest absolute Gasteiger partial charge is 0.466 e. The minimum Gasteiger partial charge on any atom is -0.466 e. The predicted octanol–water partition coefficient (Wildman–Crippen LogP) is 20.4. The highest BCUT2D eigenvalue weighted by Gasteiger charge is 2.18. The fraction of sp³-hybridized carbons (Fsp3) is 0.879.